The molecule has 1 unspecified atom stereocenters. The summed E-state index contributed by atoms with van der Waals surface area (Å²) in [6.45, 7) is 10.2. The van der Waals surface area contributed by atoms with Crippen molar-refractivity contribution in [2.45, 2.75) is 92.1 Å². The highest BCUT2D eigenvalue weighted by molar-refractivity contribution is 5.75. The van der Waals surface area contributed by atoms with Gasteiger partial charge >= 0.3 is 0 Å². The highest BCUT2D eigenvalue weighted by atomic mass is 16.3. The van der Waals surface area contributed by atoms with Crippen LogP contribution in [0.3, 0.4) is 0 Å². The van der Waals surface area contributed by atoms with Crippen molar-refractivity contribution in [3.05, 3.63) is 0 Å². The molecule has 24 heavy (non-hydrogen) atoms. The third-order valence-corrected chi connectivity index (χ3v) is 4.95. The average Bonchev–Trinajstić information content (AvgIpc) is 2.52. The minimum atomic E-state index is -0.677. The van der Waals surface area contributed by atoms with Gasteiger partial charge in [-0.25, -0.2) is 0 Å². The van der Waals surface area contributed by atoms with E-state index in [9.17, 15) is 15.0 Å². The second kappa shape index (κ2) is 11.1. The first-order valence-electron chi connectivity index (χ1n) is 9.61. The summed E-state index contributed by atoms with van der Waals surface area (Å²) < 4.78 is 0. The van der Waals surface area contributed by atoms with Crippen molar-refractivity contribution in [3.63, 3.8) is 0 Å². The topological polar surface area (TPSA) is 60.8 Å². The number of unbranched alkanes of at least 4 members (excludes halogenated alkanes) is 6. The van der Waals surface area contributed by atoms with Gasteiger partial charge in [-0.15, -0.1) is 0 Å². The molecule has 0 fully saturated rings. The number of aliphatic hydroxyl groups excluding tert-OH is 2. The Balaban J connectivity index is 4.20. The van der Waals surface area contributed by atoms with Crippen LogP contribution in [0.1, 0.15) is 86.0 Å². The van der Waals surface area contributed by atoms with Gasteiger partial charge in [0.05, 0.1) is 12.7 Å². The lowest BCUT2D eigenvalue weighted by Crippen LogP contribution is -2.49. The van der Waals surface area contributed by atoms with Crippen LogP contribution >= 0.6 is 0 Å². The van der Waals surface area contributed by atoms with Crippen molar-refractivity contribution in [1.29, 1.82) is 0 Å². The van der Waals surface area contributed by atoms with Gasteiger partial charge in [0.15, 0.2) is 0 Å². The smallest absolute Gasteiger partial charge is 0.222 e. The van der Waals surface area contributed by atoms with E-state index in [0.29, 0.717) is 13.0 Å². The van der Waals surface area contributed by atoms with E-state index in [1.165, 1.54) is 32.1 Å². The van der Waals surface area contributed by atoms with Crippen molar-refractivity contribution in [2.24, 2.45) is 10.8 Å². The SMILES string of the molecule is CCCCCCCCCC(=O)N(C)CC(C)(C)C(O)C(C)(C)CO. The first kappa shape index (κ1) is 23.4. The highest BCUT2D eigenvalue weighted by Crippen LogP contribution is 2.34. The molecule has 1 atom stereocenters. The monoisotopic (exact) mass is 343 g/mol. The zero-order chi connectivity index (χ0) is 18.8. The lowest BCUT2D eigenvalue weighted by molar-refractivity contribution is -0.134. The number of amides is 1. The average molecular weight is 344 g/mol. The second-order valence-corrected chi connectivity index (χ2v) is 8.66. The zero-order valence-corrected chi connectivity index (χ0v) is 16.9. The fourth-order valence-corrected chi connectivity index (χ4v) is 3.35. The Kier molecular flexibility index (Phi) is 10.8. The van der Waals surface area contributed by atoms with E-state index in [2.05, 4.69) is 6.92 Å². The summed E-state index contributed by atoms with van der Waals surface area (Å²) in [7, 11) is 1.81. The summed E-state index contributed by atoms with van der Waals surface area (Å²) in [6.07, 6.45) is 8.33. The van der Waals surface area contributed by atoms with Crippen LogP contribution < -0.4 is 0 Å². The van der Waals surface area contributed by atoms with Crippen molar-refractivity contribution < 1.29 is 15.0 Å². The molecular formula is C20H41NO3. The summed E-state index contributed by atoms with van der Waals surface area (Å²) in [4.78, 5) is 14.0. The van der Waals surface area contributed by atoms with Crippen LogP contribution in [0.25, 0.3) is 0 Å². The molecule has 0 aromatic rings. The molecule has 0 aliphatic carbocycles. The van der Waals surface area contributed by atoms with E-state index in [1.807, 2.05) is 34.7 Å². The third-order valence-electron chi connectivity index (χ3n) is 4.95. The quantitative estimate of drug-likeness (QED) is 0.497. The molecule has 0 heterocycles. The van der Waals surface area contributed by atoms with Crippen molar-refractivity contribution in [3.8, 4) is 0 Å². The molecule has 0 aliphatic heterocycles. The number of hydrogen-bond acceptors (Lipinski definition) is 3. The molecule has 0 saturated carbocycles. The van der Waals surface area contributed by atoms with Gasteiger partial charge in [0.25, 0.3) is 0 Å². The molecule has 0 aromatic carbocycles. The number of rotatable bonds is 13. The standard InChI is InChI=1S/C20H41NO3/c1-7-8-9-10-11-12-13-14-17(23)21(6)15-19(2,3)18(24)20(4,5)16-22/h18,22,24H,7-16H2,1-6H3. The Morgan fingerprint density at radius 3 is 1.96 bits per heavy atom. The highest BCUT2D eigenvalue weighted by Gasteiger charge is 2.40. The Hall–Kier alpha value is -0.610. The molecule has 0 spiro atoms. The second-order valence-electron chi connectivity index (χ2n) is 8.66. The number of nitrogens with zero attached hydrogens (tertiary/aromatic N) is 1. The minimum Gasteiger partial charge on any atom is -0.396 e. The minimum absolute atomic E-state index is 0.0761. The summed E-state index contributed by atoms with van der Waals surface area (Å²) >= 11 is 0. The number of aliphatic hydroxyl groups is 2. The van der Waals surface area contributed by atoms with Crippen LogP contribution in [-0.2, 0) is 4.79 Å². The Morgan fingerprint density at radius 1 is 0.958 bits per heavy atom. The predicted octanol–water partition coefficient (Wildman–Crippen LogP) is 3.99. The van der Waals surface area contributed by atoms with Gasteiger partial charge in [0.1, 0.15) is 0 Å². The van der Waals surface area contributed by atoms with Gasteiger partial charge in [0, 0.05) is 30.8 Å². The Bertz CT molecular complexity index is 353. The van der Waals surface area contributed by atoms with Crippen LogP contribution in [0.15, 0.2) is 0 Å². The zero-order valence-electron chi connectivity index (χ0n) is 16.9. The lowest BCUT2D eigenvalue weighted by atomic mass is 9.72. The molecule has 0 aliphatic rings. The maximum Gasteiger partial charge on any atom is 0.222 e. The van der Waals surface area contributed by atoms with E-state index in [0.717, 1.165) is 12.8 Å². The molecule has 0 radical (unpaired) electrons. The predicted molar refractivity (Wildman–Crippen MR) is 101 cm³/mol. The fourth-order valence-electron chi connectivity index (χ4n) is 3.35. The molecule has 0 bridgehead atoms. The van der Waals surface area contributed by atoms with E-state index < -0.39 is 16.9 Å². The van der Waals surface area contributed by atoms with Crippen LogP contribution in [0.4, 0.5) is 0 Å². The van der Waals surface area contributed by atoms with E-state index in [4.69, 9.17) is 0 Å². The Labute approximate surface area is 149 Å². The van der Waals surface area contributed by atoms with Crippen molar-refractivity contribution in [1.82, 2.24) is 4.90 Å². The maximum atomic E-state index is 12.3. The van der Waals surface area contributed by atoms with Gasteiger partial charge in [-0.1, -0.05) is 73.1 Å². The number of hydrogen-bond donors (Lipinski definition) is 2. The summed E-state index contributed by atoms with van der Waals surface area (Å²) in [5.41, 5.74) is -1.04. The van der Waals surface area contributed by atoms with E-state index in [1.54, 1.807) is 4.90 Å². The lowest BCUT2D eigenvalue weighted by Gasteiger charge is -2.42. The van der Waals surface area contributed by atoms with Crippen molar-refractivity contribution >= 4 is 5.91 Å². The first-order valence-corrected chi connectivity index (χ1v) is 9.61. The molecule has 2 N–H and O–H groups in total. The largest absolute Gasteiger partial charge is 0.396 e. The Morgan fingerprint density at radius 2 is 1.46 bits per heavy atom. The molecular weight excluding hydrogens is 302 g/mol. The van der Waals surface area contributed by atoms with E-state index >= 15 is 0 Å². The van der Waals surface area contributed by atoms with Gasteiger partial charge in [-0.05, 0) is 6.42 Å². The maximum absolute atomic E-state index is 12.3. The molecule has 4 heteroatoms. The number of carbonyl (C=O) groups is 1. The molecule has 0 saturated heterocycles. The summed E-state index contributed by atoms with van der Waals surface area (Å²) in [6, 6.07) is 0. The van der Waals surface area contributed by atoms with Gasteiger partial charge < -0.3 is 15.1 Å². The first-order chi connectivity index (χ1) is 11.1. The van der Waals surface area contributed by atoms with Crippen LogP contribution in [0.5, 0.6) is 0 Å². The molecule has 0 aromatic heterocycles. The summed E-state index contributed by atoms with van der Waals surface area (Å²) in [5.74, 6) is 0.144. The molecule has 144 valence electrons. The van der Waals surface area contributed by atoms with Crippen LogP contribution in [0, 0.1) is 10.8 Å². The van der Waals surface area contributed by atoms with Crippen LogP contribution in [-0.4, -0.2) is 47.3 Å². The molecule has 4 nitrogen and oxygen atoms in total. The van der Waals surface area contributed by atoms with Crippen LogP contribution in [0.2, 0.25) is 0 Å². The van der Waals surface area contributed by atoms with Crippen molar-refractivity contribution in [2.75, 3.05) is 20.2 Å². The van der Waals surface area contributed by atoms with Gasteiger partial charge in [-0.3, -0.25) is 4.79 Å². The fraction of sp³-hybridized carbons (Fsp3) is 0.950. The number of carbonyl (C=O) groups excluding carboxylic acids is 1. The van der Waals surface area contributed by atoms with E-state index in [-0.39, 0.29) is 12.5 Å². The normalized spacial score (nSPS) is 13.8. The summed E-state index contributed by atoms with van der Waals surface area (Å²) in [5, 5.41) is 20.0. The molecule has 0 rings (SSSR count). The van der Waals surface area contributed by atoms with Gasteiger partial charge in [0.2, 0.25) is 5.91 Å². The third kappa shape index (κ3) is 8.48. The van der Waals surface area contributed by atoms with Gasteiger partial charge in [-0.2, -0.15) is 0 Å². The molecule has 1 amide bonds.